The molecule has 1 fully saturated rings. The van der Waals surface area contributed by atoms with Crippen LogP contribution in [0, 0.1) is 5.92 Å². The van der Waals surface area contributed by atoms with E-state index in [4.69, 9.17) is 16.3 Å². The molecule has 1 aromatic heterocycles. The molecule has 1 N–H and O–H groups in total. The van der Waals surface area contributed by atoms with E-state index in [0.717, 1.165) is 24.3 Å². The van der Waals surface area contributed by atoms with Gasteiger partial charge in [0.05, 0.1) is 18.3 Å². The van der Waals surface area contributed by atoms with Crippen molar-refractivity contribution in [1.82, 2.24) is 4.57 Å². The summed E-state index contributed by atoms with van der Waals surface area (Å²) < 4.78 is 7.33. The van der Waals surface area contributed by atoms with Gasteiger partial charge in [0.15, 0.2) is 4.80 Å². The maximum atomic E-state index is 12.9. The van der Waals surface area contributed by atoms with Crippen molar-refractivity contribution in [3.05, 3.63) is 44.7 Å². The number of ether oxygens (including phenoxy) is 1. The zero-order valence-electron chi connectivity index (χ0n) is 17.0. The molecule has 0 spiro atoms. The number of nitrogens with zero attached hydrogens (tertiary/aromatic N) is 2. The summed E-state index contributed by atoms with van der Waals surface area (Å²) in [6.45, 7) is 9.03. The fourth-order valence-corrected chi connectivity index (χ4v) is 4.76. The quantitative estimate of drug-likeness (QED) is 0.793. The van der Waals surface area contributed by atoms with Gasteiger partial charge in [0.2, 0.25) is 0 Å². The first-order valence-corrected chi connectivity index (χ1v) is 10.5. The molecular formula is C21H27ClN2O3S. The number of aliphatic hydroxyl groups is 1. The average Bonchev–Trinajstić information content (AvgIpc) is 2.96. The van der Waals surface area contributed by atoms with Crippen molar-refractivity contribution in [1.29, 1.82) is 0 Å². The van der Waals surface area contributed by atoms with Crippen LogP contribution in [0.25, 0.3) is 0 Å². The fraction of sp³-hybridized carbons (Fsp3) is 0.524. The van der Waals surface area contributed by atoms with Gasteiger partial charge in [-0.25, -0.2) is 0 Å². The van der Waals surface area contributed by atoms with E-state index in [1.165, 1.54) is 18.4 Å². The predicted octanol–water partition coefficient (Wildman–Crippen LogP) is 4.41. The van der Waals surface area contributed by atoms with Crippen LogP contribution in [0.4, 0.5) is 0 Å². The molecule has 1 saturated carbocycles. The number of thiazole rings is 1. The highest BCUT2D eigenvalue weighted by Gasteiger charge is 2.38. The van der Waals surface area contributed by atoms with E-state index in [9.17, 15) is 9.90 Å². The van der Waals surface area contributed by atoms with Crippen LogP contribution in [0.15, 0.2) is 29.4 Å². The standard InChI is InChI=1S/C21H27ClN2O3S/c1-20(2,3)17-12-24(11-13-9-21(4,26)10-13)19(28-17)23-18(25)15-8-14(22)6-7-16(15)27-5/h6-8,12-13,26H,9-11H2,1-5H3/b23-19-. The van der Waals surface area contributed by atoms with Crippen LogP contribution in [0.3, 0.4) is 0 Å². The molecule has 0 unspecified atom stereocenters. The van der Waals surface area contributed by atoms with E-state index in [2.05, 4.69) is 32.0 Å². The molecule has 1 aliphatic carbocycles. The second kappa shape index (κ2) is 7.65. The Hall–Kier alpha value is -1.63. The molecule has 0 saturated heterocycles. The number of benzene rings is 1. The Bertz CT molecular complexity index is 945. The van der Waals surface area contributed by atoms with Gasteiger partial charge in [-0.2, -0.15) is 4.99 Å². The number of carbonyl (C=O) groups excluding carboxylic acids is 1. The molecule has 1 aliphatic rings. The summed E-state index contributed by atoms with van der Waals surface area (Å²) in [5.41, 5.74) is -0.267. The van der Waals surface area contributed by atoms with E-state index in [-0.39, 0.29) is 11.3 Å². The molecule has 1 aromatic carbocycles. The van der Waals surface area contributed by atoms with Gasteiger partial charge in [-0.05, 0) is 49.3 Å². The Morgan fingerprint density at radius 2 is 2.11 bits per heavy atom. The number of aromatic nitrogens is 1. The van der Waals surface area contributed by atoms with Crippen LogP contribution in [-0.4, -0.2) is 28.3 Å². The summed E-state index contributed by atoms with van der Waals surface area (Å²) in [4.78, 5) is 19.1. The van der Waals surface area contributed by atoms with Crippen molar-refractivity contribution in [3.63, 3.8) is 0 Å². The molecule has 7 heteroatoms. The minimum Gasteiger partial charge on any atom is -0.496 e. The Labute approximate surface area is 174 Å². The molecule has 2 aromatic rings. The zero-order valence-corrected chi connectivity index (χ0v) is 18.5. The SMILES string of the molecule is COc1ccc(Cl)cc1C(=O)/N=c1\sc(C(C)(C)C)cn1CC1CC(C)(O)C1. The molecule has 0 aliphatic heterocycles. The number of carbonyl (C=O) groups is 1. The summed E-state index contributed by atoms with van der Waals surface area (Å²) in [6, 6.07) is 4.94. The Balaban J connectivity index is 1.98. The van der Waals surface area contributed by atoms with Crippen molar-refractivity contribution in [3.8, 4) is 5.75 Å². The van der Waals surface area contributed by atoms with Crippen LogP contribution in [-0.2, 0) is 12.0 Å². The van der Waals surface area contributed by atoms with Crippen LogP contribution < -0.4 is 9.54 Å². The Kier molecular flexibility index (Phi) is 5.76. The average molecular weight is 423 g/mol. The van der Waals surface area contributed by atoms with Gasteiger partial charge in [-0.15, -0.1) is 11.3 Å². The largest absolute Gasteiger partial charge is 0.496 e. The third-order valence-corrected chi connectivity index (χ3v) is 6.64. The van der Waals surface area contributed by atoms with Gasteiger partial charge in [0, 0.05) is 22.6 Å². The monoisotopic (exact) mass is 422 g/mol. The molecule has 3 rings (SSSR count). The van der Waals surface area contributed by atoms with Crippen LogP contribution >= 0.6 is 22.9 Å². The highest BCUT2D eigenvalue weighted by Crippen LogP contribution is 2.38. The topological polar surface area (TPSA) is 63.8 Å². The summed E-state index contributed by atoms with van der Waals surface area (Å²) in [5.74, 6) is 0.454. The van der Waals surface area contributed by atoms with E-state index in [1.54, 1.807) is 18.2 Å². The summed E-state index contributed by atoms with van der Waals surface area (Å²) in [5, 5.41) is 10.5. The predicted molar refractivity (Wildman–Crippen MR) is 112 cm³/mol. The van der Waals surface area contributed by atoms with Gasteiger partial charge >= 0.3 is 0 Å². The highest BCUT2D eigenvalue weighted by molar-refractivity contribution is 7.09. The molecule has 0 radical (unpaired) electrons. The molecule has 0 atom stereocenters. The smallest absolute Gasteiger partial charge is 0.283 e. The zero-order chi connectivity index (χ0) is 20.7. The van der Waals surface area contributed by atoms with E-state index in [1.807, 2.05) is 11.5 Å². The number of hydrogen-bond donors (Lipinski definition) is 1. The first-order valence-electron chi connectivity index (χ1n) is 9.34. The molecule has 1 amide bonds. The van der Waals surface area contributed by atoms with Gasteiger partial charge in [-0.1, -0.05) is 32.4 Å². The van der Waals surface area contributed by atoms with E-state index < -0.39 is 5.60 Å². The number of methoxy groups -OCH3 is 1. The Morgan fingerprint density at radius 1 is 1.43 bits per heavy atom. The van der Waals surface area contributed by atoms with Gasteiger partial charge < -0.3 is 14.4 Å². The lowest BCUT2D eigenvalue weighted by molar-refractivity contribution is -0.0619. The fourth-order valence-electron chi connectivity index (χ4n) is 3.53. The second-order valence-corrected chi connectivity index (χ2v) is 10.3. The normalized spacial score (nSPS) is 22.8. The number of halogens is 1. The van der Waals surface area contributed by atoms with Gasteiger partial charge in [0.25, 0.3) is 5.91 Å². The molecule has 0 bridgehead atoms. The first kappa shape index (κ1) is 21.1. The molecule has 152 valence electrons. The van der Waals surface area contributed by atoms with Gasteiger partial charge in [-0.3, -0.25) is 4.79 Å². The third-order valence-electron chi connectivity index (χ3n) is 4.96. The van der Waals surface area contributed by atoms with Crippen LogP contribution in [0.1, 0.15) is 55.8 Å². The van der Waals surface area contributed by atoms with Crippen LogP contribution in [0.5, 0.6) is 5.75 Å². The van der Waals surface area contributed by atoms with Crippen molar-refractivity contribution < 1.29 is 14.6 Å². The number of hydrogen-bond acceptors (Lipinski definition) is 4. The van der Waals surface area contributed by atoms with Crippen molar-refractivity contribution >= 4 is 28.8 Å². The lowest BCUT2D eigenvalue weighted by Crippen LogP contribution is -2.43. The minimum absolute atomic E-state index is 0.0396. The lowest BCUT2D eigenvalue weighted by Gasteiger charge is -2.41. The van der Waals surface area contributed by atoms with Crippen molar-refractivity contribution in [2.24, 2.45) is 10.9 Å². The van der Waals surface area contributed by atoms with E-state index >= 15 is 0 Å². The number of amides is 1. The molecule has 1 heterocycles. The molecular weight excluding hydrogens is 396 g/mol. The second-order valence-electron chi connectivity index (χ2n) is 8.81. The van der Waals surface area contributed by atoms with Gasteiger partial charge in [0.1, 0.15) is 5.75 Å². The Morgan fingerprint density at radius 3 is 2.68 bits per heavy atom. The van der Waals surface area contributed by atoms with Crippen molar-refractivity contribution in [2.45, 2.75) is 58.1 Å². The highest BCUT2D eigenvalue weighted by atomic mass is 35.5. The summed E-state index contributed by atoms with van der Waals surface area (Å²) in [6.07, 6.45) is 3.60. The molecule has 28 heavy (non-hydrogen) atoms. The minimum atomic E-state index is -0.574. The van der Waals surface area contributed by atoms with E-state index in [0.29, 0.717) is 27.1 Å². The number of rotatable bonds is 4. The lowest BCUT2D eigenvalue weighted by atomic mass is 9.72. The maximum absolute atomic E-state index is 12.9. The van der Waals surface area contributed by atoms with Crippen LogP contribution in [0.2, 0.25) is 5.02 Å². The summed E-state index contributed by atoms with van der Waals surface area (Å²) >= 11 is 7.59. The van der Waals surface area contributed by atoms with Crippen molar-refractivity contribution in [2.75, 3.05) is 7.11 Å². The summed E-state index contributed by atoms with van der Waals surface area (Å²) in [7, 11) is 1.52. The molecule has 5 nitrogen and oxygen atoms in total. The third kappa shape index (κ3) is 4.67. The maximum Gasteiger partial charge on any atom is 0.283 e. The first-order chi connectivity index (χ1) is 13.0.